The van der Waals surface area contributed by atoms with Crippen LogP contribution in [0, 0.1) is 6.92 Å². The predicted octanol–water partition coefficient (Wildman–Crippen LogP) is 7.11. The van der Waals surface area contributed by atoms with Crippen LogP contribution in [0.25, 0.3) is 0 Å². The van der Waals surface area contributed by atoms with Gasteiger partial charge in [-0.2, -0.15) is 0 Å². The lowest BCUT2D eigenvalue weighted by Gasteiger charge is -2.34. The number of benzene rings is 4. The number of hydrogen-bond acceptors (Lipinski definition) is 4. The van der Waals surface area contributed by atoms with Crippen molar-refractivity contribution in [1.29, 1.82) is 0 Å². The molecule has 1 aliphatic carbocycles. The summed E-state index contributed by atoms with van der Waals surface area (Å²) in [6, 6.07) is 29.8. The van der Waals surface area contributed by atoms with Crippen molar-refractivity contribution in [3.8, 4) is 0 Å². The fourth-order valence-electron chi connectivity index (χ4n) is 6.16. The molecule has 9 heteroatoms. The van der Waals surface area contributed by atoms with Gasteiger partial charge >= 0.3 is 0 Å². The van der Waals surface area contributed by atoms with Gasteiger partial charge in [0.05, 0.1) is 10.6 Å². The lowest BCUT2D eigenvalue weighted by Crippen LogP contribution is -2.54. The molecule has 1 fully saturated rings. The SMILES string of the molecule is CCc1ccccc1N(CC(=O)N(Cc1cccc(Cl)c1)[C@H](Cc1ccccc1)C(=O)NC1CCCC1)S(=O)(=O)c1ccc(C)cc1. The van der Waals surface area contributed by atoms with Gasteiger partial charge in [0.25, 0.3) is 10.0 Å². The van der Waals surface area contributed by atoms with Crippen molar-refractivity contribution in [1.82, 2.24) is 10.2 Å². The van der Waals surface area contributed by atoms with Crippen LogP contribution in [0.4, 0.5) is 5.69 Å². The summed E-state index contributed by atoms with van der Waals surface area (Å²) in [4.78, 5) is 30.5. The normalized spacial score (nSPS) is 14.0. The molecule has 1 aliphatic rings. The Balaban J connectivity index is 1.59. The van der Waals surface area contributed by atoms with Crippen LogP contribution < -0.4 is 9.62 Å². The number of aryl methyl sites for hydroxylation is 2. The molecule has 0 bridgehead atoms. The summed E-state index contributed by atoms with van der Waals surface area (Å²) in [7, 11) is -4.17. The Morgan fingerprint density at radius 2 is 1.53 bits per heavy atom. The van der Waals surface area contributed by atoms with E-state index in [2.05, 4.69) is 5.32 Å². The number of amides is 2. The van der Waals surface area contributed by atoms with Crippen molar-refractivity contribution in [2.24, 2.45) is 0 Å². The van der Waals surface area contributed by atoms with E-state index in [1.165, 1.54) is 9.21 Å². The van der Waals surface area contributed by atoms with E-state index in [4.69, 9.17) is 11.6 Å². The Morgan fingerprint density at radius 1 is 0.872 bits per heavy atom. The second kappa shape index (κ2) is 15.6. The number of halogens is 1. The molecule has 2 amide bonds. The molecule has 4 aromatic rings. The summed E-state index contributed by atoms with van der Waals surface area (Å²) in [5.74, 6) is -0.743. The van der Waals surface area contributed by atoms with Gasteiger partial charge in [0.15, 0.2) is 0 Å². The van der Waals surface area contributed by atoms with Gasteiger partial charge in [0.1, 0.15) is 12.6 Å². The summed E-state index contributed by atoms with van der Waals surface area (Å²) in [6.07, 6.45) is 4.70. The monoisotopic (exact) mass is 671 g/mol. The maximum atomic E-state index is 14.7. The number of anilines is 1. The average molecular weight is 672 g/mol. The molecule has 1 atom stereocenters. The Kier molecular flexibility index (Phi) is 11.4. The Bertz CT molecular complexity index is 1770. The van der Waals surface area contributed by atoms with Crippen LogP contribution in [-0.4, -0.2) is 43.8 Å². The standard InChI is InChI=1S/C38H42ClN3O4S/c1-3-31-15-7-10-19-35(31)42(47(45,46)34-22-20-28(2)21-23-34)27-37(43)41(26-30-14-11-16-32(39)24-30)36(25-29-12-5-4-6-13-29)38(44)40-33-17-8-9-18-33/h4-7,10-16,19-24,33,36H,3,8-9,17-18,25-27H2,1-2H3,(H,40,44)/t36-/m1/s1. The van der Waals surface area contributed by atoms with Crippen LogP contribution in [0.1, 0.15) is 54.9 Å². The zero-order valence-corrected chi connectivity index (χ0v) is 28.5. The van der Waals surface area contributed by atoms with E-state index in [1.54, 1.807) is 54.6 Å². The number of para-hydroxylation sites is 1. The van der Waals surface area contributed by atoms with Crippen molar-refractivity contribution >= 4 is 39.1 Å². The highest BCUT2D eigenvalue weighted by atomic mass is 35.5. The van der Waals surface area contributed by atoms with Gasteiger partial charge in [-0.25, -0.2) is 8.42 Å². The number of nitrogens with one attached hydrogen (secondary N) is 1. The highest BCUT2D eigenvalue weighted by Crippen LogP contribution is 2.29. The van der Waals surface area contributed by atoms with E-state index in [0.717, 1.165) is 47.9 Å². The Hall–Kier alpha value is -4.14. The first-order valence-corrected chi connectivity index (χ1v) is 18.0. The largest absolute Gasteiger partial charge is 0.352 e. The summed E-state index contributed by atoms with van der Waals surface area (Å²) in [5.41, 5.74) is 3.77. The molecular formula is C38H42ClN3O4S. The van der Waals surface area contributed by atoms with Crippen molar-refractivity contribution in [3.63, 3.8) is 0 Å². The van der Waals surface area contributed by atoms with Crippen LogP contribution in [0.2, 0.25) is 5.02 Å². The van der Waals surface area contributed by atoms with Gasteiger partial charge in [0, 0.05) is 24.0 Å². The Labute approximate surface area is 283 Å². The molecule has 0 aromatic heterocycles. The van der Waals surface area contributed by atoms with Crippen molar-refractivity contribution in [2.75, 3.05) is 10.8 Å². The minimum Gasteiger partial charge on any atom is -0.352 e. The van der Waals surface area contributed by atoms with Gasteiger partial charge in [-0.15, -0.1) is 0 Å². The maximum absolute atomic E-state index is 14.7. The number of hydrogen-bond donors (Lipinski definition) is 1. The molecule has 7 nitrogen and oxygen atoms in total. The van der Waals surface area contributed by atoms with Gasteiger partial charge in [-0.3, -0.25) is 13.9 Å². The second-order valence-corrected chi connectivity index (χ2v) is 14.5. The molecule has 47 heavy (non-hydrogen) atoms. The molecule has 0 saturated heterocycles. The molecule has 0 radical (unpaired) electrons. The smallest absolute Gasteiger partial charge is 0.264 e. The van der Waals surface area contributed by atoms with Gasteiger partial charge < -0.3 is 10.2 Å². The first-order chi connectivity index (χ1) is 22.7. The average Bonchev–Trinajstić information content (AvgIpc) is 3.59. The number of sulfonamides is 1. The van der Waals surface area contributed by atoms with Gasteiger partial charge in [-0.1, -0.05) is 110 Å². The lowest BCUT2D eigenvalue weighted by molar-refractivity contribution is -0.140. The molecule has 0 aliphatic heterocycles. The molecule has 4 aromatic carbocycles. The highest BCUT2D eigenvalue weighted by molar-refractivity contribution is 7.92. The predicted molar refractivity (Wildman–Crippen MR) is 188 cm³/mol. The molecule has 5 rings (SSSR count). The topological polar surface area (TPSA) is 86.8 Å². The molecule has 0 heterocycles. The van der Waals surface area contributed by atoms with Crippen molar-refractivity contribution in [3.05, 3.63) is 130 Å². The lowest BCUT2D eigenvalue weighted by atomic mass is 10.0. The molecule has 246 valence electrons. The van der Waals surface area contributed by atoms with Crippen LogP contribution in [0.15, 0.2) is 108 Å². The van der Waals surface area contributed by atoms with Crippen molar-refractivity contribution in [2.45, 2.75) is 75.9 Å². The van der Waals surface area contributed by atoms with Crippen LogP contribution in [0.5, 0.6) is 0 Å². The van der Waals surface area contributed by atoms with Crippen LogP contribution in [0.3, 0.4) is 0 Å². The third-order valence-electron chi connectivity index (χ3n) is 8.74. The third-order valence-corrected chi connectivity index (χ3v) is 10.8. The molecular weight excluding hydrogens is 630 g/mol. The first kappa shape index (κ1) is 34.2. The zero-order chi connectivity index (χ0) is 33.4. The maximum Gasteiger partial charge on any atom is 0.264 e. The fourth-order valence-corrected chi connectivity index (χ4v) is 7.82. The summed E-state index contributed by atoms with van der Waals surface area (Å²) >= 11 is 6.36. The minimum absolute atomic E-state index is 0.0405. The highest BCUT2D eigenvalue weighted by Gasteiger charge is 2.36. The van der Waals surface area contributed by atoms with E-state index in [9.17, 15) is 18.0 Å². The Morgan fingerprint density at radius 3 is 2.21 bits per heavy atom. The summed E-state index contributed by atoms with van der Waals surface area (Å²) in [6.45, 7) is 3.42. The van der Waals surface area contributed by atoms with E-state index >= 15 is 0 Å². The second-order valence-electron chi connectivity index (χ2n) is 12.2. The van der Waals surface area contributed by atoms with E-state index in [0.29, 0.717) is 17.1 Å². The quantitative estimate of drug-likeness (QED) is 0.164. The summed E-state index contributed by atoms with van der Waals surface area (Å²) in [5, 5.41) is 3.71. The van der Waals surface area contributed by atoms with Gasteiger partial charge in [0.2, 0.25) is 11.8 Å². The molecule has 0 unspecified atom stereocenters. The van der Waals surface area contributed by atoms with Crippen LogP contribution in [-0.2, 0) is 39.0 Å². The fraction of sp³-hybridized carbons (Fsp3) is 0.316. The number of rotatable bonds is 13. The van der Waals surface area contributed by atoms with E-state index in [-0.39, 0.29) is 29.8 Å². The van der Waals surface area contributed by atoms with E-state index < -0.39 is 28.5 Å². The number of carbonyl (C=O) groups excluding carboxylic acids is 2. The van der Waals surface area contributed by atoms with Gasteiger partial charge in [-0.05, 0) is 73.2 Å². The first-order valence-electron chi connectivity index (χ1n) is 16.2. The summed E-state index contributed by atoms with van der Waals surface area (Å²) < 4.78 is 29.9. The molecule has 1 N–H and O–H groups in total. The van der Waals surface area contributed by atoms with Crippen molar-refractivity contribution < 1.29 is 18.0 Å². The number of nitrogens with zero attached hydrogens (tertiary/aromatic N) is 2. The minimum atomic E-state index is -4.17. The van der Waals surface area contributed by atoms with E-state index in [1.807, 2.05) is 62.4 Å². The third kappa shape index (κ3) is 8.62. The number of carbonyl (C=O) groups is 2. The van der Waals surface area contributed by atoms with Crippen LogP contribution >= 0.6 is 11.6 Å². The zero-order valence-electron chi connectivity index (χ0n) is 26.9. The molecule has 1 saturated carbocycles. The molecule has 0 spiro atoms.